The highest BCUT2D eigenvalue weighted by atomic mass is 16.6. The molecule has 3 rings (SSSR count). The fourth-order valence-corrected chi connectivity index (χ4v) is 4.50. The number of aliphatic hydroxyl groups is 1. The molecule has 1 saturated heterocycles. The van der Waals surface area contributed by atoms with Crippen molar-refractivity contribution in [2.24, 2.45) is 5.92 Å². The molecule has 0 aromatic heterocycles. The first kappa shape index (κ1) is 29.4. The van der Waals surface area contributed by atoms with Gasteiger partial charge in [-0.25, -0.2) is 9.69 Å². The molecule has 1 fully saturated rings. The van der Waals surface area contributed by atoms with E-state index in [2.05, 4.69) is 0 Å². The highest BCUT2D eigenvalue weighted by molar-refractivity contribution is 6.04. The molecule has 1 aliphatic rings. The van der Waals surface area contributed by atoms with Gasteiger partial charge < -0.3 is 14.6 Å². The van der Waals surface area contributed by atoms with Crippen LogP contribution in [0.4, 0.5) is 4.79 Å². The molecule has 0 radical (unpaired) electrons. The van der Waals surface area contributed by atoms with Crippen LogP contribution in [0.5, 0.6) is 0 Å². The summed E-state index contributed by atoms with van der Waals surface area (Å²) in [6.07, 6.45) is -0.0351. The number of carbonyl (C=O) groups excluding carboxylic acids is 5. The number of rotatable bonds is 13. The van der Waals surface area contributed by atoms with E-state index in [1.165, 1.54) is 0 Å². The minimum atomic E-state index is -1.58. The van der Waals surface area contributed by atoms with Gasteiger partial charge in [0.1, 0.15) is 6.10 Å². The summed E-state index contributed by atoms with van der Waals surface area (Å²) in [5.74, 6) is -3.87. The number of ketones is 2. The molecule has 4 atom stereocenters. The van der Waals surface area contributed by atoms with Crippen molar-refractivity contribution >= 4 is 29.5 Å². The SMILES string of the molecule is CC(=O)O[C@H](C(=O)C=CC(=O)CCCCO)[C@H](Cc1ccccc1)C(=O)N1C(=O)O[C@H](c2ccccc2)[C@@H]1C. The zero-order chi connectivity index (χ0) is 28.4. The van der Waals surface area contributed by atoms with Crippen molar-refractivity contribution in [1.82, 2.24) is 4.90 Å². The number of imide groups is 1. The van der Waals surface area contributed by atoms with Crippen LogP contribution < -0.4 is 0 Å². The minimum Gasteiger partial charge on any atom is -0.453 e. The summed E-state index contributed by atoms with van der Waals surface area (Å²) in [7, 11) is 0. The Morgan fingerprint density at radius 2 is 1.64 bits per heavy atom. The van der Waals surface area contributed by atoms with Crippen LogP contribution >= 0.6 is 0 Å². The Morgan fingerprint density at radius 3 is 2.26 bits per heavy atom. The molecule has 2 amide bonds. The molecule has 2 aromatic rings. The number of benzene rings is 2. The number of amides is 2. The van der Waals surface area contributed by atoms with Gasteiger partial charge in [0.2, 0.25) is 5.91 Å². The molecule has 0 bridgehead atoms. The number of cyclic esters (lactones) is 1. The fourth-order valence-electron chi connectivity index (χ4n) is 4.50. The Balaban J connectivity index is 1.92. The van der Waals surface area contributed by atoms with Crippen molar-refractivity contribution in [3.05, 3.63) is 83.9 Å². The maximum absolute atomic E-state index is 14.0. The number of esters is 1. The molecule has 9 heteroatoms. The van der Waals surface area contributed by atoms with Gasteiger partial charge in [-0.2, -0.15) is 0 Å². The van der Waals surface area contributed by atoms with E-state index in [1.807, 2.05) is 6.07 Å². The molecular weight excluding hydrogens is 502 g/mol. The summed E-state index contributed by atoms with van der Waals surface area (Å²) in [5, 5.41) is 8.90. The standard InChI is InChI=1S/C30H33NO8/c1-20-27(23-13-7-4-8-14-23)39-30(37)31(20)29(36)25(19-22-11-5-3-6-12-22)28(38-21(2)33)26(35)17-16-24(34)15-9-10-18-32/h3-8,11-14,16-17,20,25,27-28,32H,9-10,15,18-19H2,1-2H3/t20-,25-,27-,28-/m0/s1. The van der Waals surface area contributed by atoms with Crippen LogP contribution in [0.2, 0.25) is 0 Å². The molecule has 206 valence electrons. The maximum Gasteiger partial charge on any atom is 0.417 e. The lowest BCUT2D eigenvalue weighted by atomic mass is 9.89. The molecule has 0 aliphatic carbocycles. The smallest absolute Gasteiger partial charge is 0.417 e. The quantitative estimate of drug-likeness (QED) is 0.233. The van der Waals surface area contributed by atoms with Gasteiger partial charge >= 0.3 is 12.1 Å². The third-order valence-corrected chi connectivity index (χ3v) is 6.45. The number of unbranched alkanes of at least 4 members (excludes halogenated alkanes) is 1. The summed E-state index contributed by atoms with van der Waals surface area (Å²) < 4.78 is 10.9. The lowest BCUT2D eigenvalue weighted by Gasteiger charge is -2.28. The van der Waals surface area contributed by atoms with Crippen LogP contribution in [0.25, 0.3) is 0 Å². The predicted molar refractivity (Wildman–Crippen MR) is 141 cm³/mol. The third kappa shape index (κ3) is 7.94. The molecule has 1 heterocycles. The van der Waals surface area contributed by atoms with Crippen LogP contribution in [0, 0.1) is 5.92 Å². The normalized spacial score (nSPS) is 18.4. The first-order valence-electron chi connectivity index (χ1n) is 12.9. The number of nitrogens with zero attached hydrogens (tertiary/aromatic N) is 1. The first-order chi connectivity index (χ1) is 18.7. The lowest BCUT2D eigenvalue weighted by molar-refractivity contribution is -0.158. The minimum absolute atomic E-state index is 0.00580. The predicted octanol–water partition coefficient (Wildman–Crippen LogP) is 3.74. The summed E-state index contributed by atoms with van der Waals surface area (Å²) in [6.45, 7) is 2.75. The second-order valence-corrected chi connectivity index (χ2v) is 9.37. The topological polar surface area (TPSA) is 127 Å². The monoisotopic (exact) mass is 535 g/mol. The van der Waals surface area contributed by atoms with E-state index >= 15 is 0 Å². The Kier molecular flexibility index (Phi) is 10.7. The van der Waals surface area contributed by atoms with Crippen molar-refractivity contribution in [1.29, 1.82) is 0 Å². The summed E-state index contributed by atoms with van der Waals surface area (Å²) in [4.78, 5) is 65.3. The average molecular weight is 536 g/mol. The highest BCUT2D eigenvalue weighted by Crippen LogP contribution is 2.34. The van der Waals surface area contributed by atoms with Crippen LogP contribution in [0.15, 0.2) is 72.8 Å². The second kappa shape index (κ2) is 14.2. The zero-order valence-electron chi connectivity index (χ0n) is 22.0. The van der Waals surface area contributed by atoms with Gasteiger partial charge in [-0.05, 0) is 49.5 Å². The van der Waals surface area contributed by atoms with Crippen molar-refractivity contribution < 1.29 is 38.6 Å². The fraction of sp³-hybridized carbons (Fsp3) is 0.367. The maximum atomic E-state index is 14.0. The summed E-state index contributed by atoms with van der Waals surface area (Å²) >= 11 is 0. The Labute approximate surface area is 227 Å². The van der Waals surface area contributed by atoms with E-state index in [-0.39, 0.29) is 25.2 Å². The number of hydrogen-bond acceptors (Lipinski definition) is 8. The van der Waals surface area contributed by atoms with Gasteiger partial charge in [0.05, 0.1) is 12.0 Å². The molecule has 9 nitrogen and oxygen atoms in total. The molecule has 2 aromatic carbocycles. The molecular formula is C30H33NO8. The number of ether oxygens (including phenoxy) is 2. The molecule has 0 spiro atoms. The van der Waals surface area contributed by atoms with Crippen LogP contribution in [-0.2, 0) is 35.1 Å². The Hall–Kier alpha value is -4.11. The van der Waals surface area contributed by atoms with Crippen molar-refractivity contribution in [3.63, 3.8) is 0 Å². The zero-order valence-corrected chi connectivity index (χ0v) is 22.0. The van der Waals surface area contributed by atoms with Crippen molar-refractivity contribution in [2.45, 2.75) is 57.8 Å². The van der Waals surface area contributed by atoms with Gasteiger partial charge in [-0.1, -0.05) is 60.7 Å². The van der Waals surface area contributed by atoms with Crippen molar-refractivity contribution in [3.8, 4) is 0 Å². The molecule has 39 heavy (non-hydrogen) atoms. The molecule has 1 N–H and O–H groups in total. The number of hydrogen-bond donors (Lipinski definition) is 1. The average Bonchev–Trinajstić information content (AvgIpc) is 3.23. The van der Waals surface area contributed by atoms with Gasteiger partial charge in [0, 0.05) is 20.0 Å². The second-order valence-electron chi connectivity index (χ2n) is 9.37. The Morgan fingerprint density at radius 1 is 1.00 bits per heavy atom. The highest BCUT2D eigenvalue weighted by Gasteiger charge is 2.48. The van der Waals surface area contributed by atoms with Gasteiger partial charge in [-0.15, -0.1) is 0 Å². The molecule has 0 saturated carbocycles. The van der Waals surface area contributed by atoms with E-state index in [1.54, 1.807) is 61.5 Å². The van der Waals surface area contributed by atoms with Crippen LogP contribution in [0.1, 0.15) is 50.3 Å². The van der Waals surface area contributed by atoms with Crippen LogP contribution in [0.3, 0.4) is 0 Å². The van der Waals surface area contributed by atoms with E-state index in [4.69, 9.17) is 14.6 Å². The summed E-state index contributed by atoms with van der Waals surface area (Å²) in [5.41, 5.74) is 1.40. The van der Waals surface area contributed by atoms with Crippen molar-refractivity contribution in [2.75, 3.05) is 6.61 Å². The van der Waals surface area contributed by atoms with Gasteiger partial charge in [0.15, 0.2) is 17.7 Å². The van der Waals surface area contributed by atoms with E-state index in [9.17, 15) is 24.0 Å². The lowest BCUT2D eigenvalue weighted by Crippen LogP contribution is -2.48. The molecule has 1 aliphatic heterocycles. The number of allylic oxidation sites excluding steroid dienone is 1. The first-order valence-corrected chi connectivity index (χ1v) is 12.9. The molecule has 0 unspecified atom stereocenters. The number of carbonyl (C=O) groups is 5. The Bertz CT molecular complexity index is 1190. The van der Waals surface area contributed by atoms with E-state index < -0.39 is 47.9 Å². The van der Waals surface area contributed by atoms with Gasteiger partial charge in [-0.3, -0.25) is 19.2 Å². The van der Waals surface area contributed by atoms with E-state index in [0.29, 0.717) is 24.0 Å². The van der Waals surface area contributed by atoms with E-state index in [0.717, 1.165) is 24.0 Å². The van der Waals surface area contributed by atoms with Gasteiger partial charge in [0.25, 0.3) is 0 Å². The summed E-state index contributed by atoms with van der Waals surface area (Å²) in [6, 6.07) is 17.1. The number of aliphatic hydroxyl groups excluding tert-OH is 1. The van der Waals surface area contributed by atoms with Crippen LogP contribution in [-0.4, -0.2) is 58.3 Å². The third-order valence-electron chi connectivity index (χ3n) is 6.45. The largest absolute Gasteiger partial charge is 0.453 e.